The largest absolute Gasteiger partial charge is 0.339 e. The number of thiophene rings is 1. The fourth-order valence-corrected chi connectivity index (χ4v) is 4.01. The normalized spacial score (nSPS) is 10.9. The first kappa shape index (κ1) is 18.5. The lowest BCUT2D eigenvalue weighted by Gasteiger charge is -2.00. The maximum Gasteiger partial charge on any atom is 0.227 e. The number of hydrogen-bond donors (Lipinski definition) is 1. The smallest absolute Gasteiger partial charge is 0.227 e. The zero-order chi connectivity index (χ0) is 19.3. The summed E-state index contributed by atoms with van der Waals surface area (Å²) in [4.78, 5) is 21.0. The molecule has 0 aliphatic heterocycles. The van der Waals surface area contributed by atoms with Crippen LogP contribution in [-0.2, 0) is 17.6 Å². The van der Waals surface area contributed by atoms with Gasteiger partial charge in [0.15, 0.2) is 5.13 Å². The maximum atomic E-state index is 12.2. The standard InChI is InChI=1S/C20H18N4O2S2/c1-2-13-3-5-14(6-4-13)16-12-28-20(21-16)22-17(25)7-8-18-23-19(24-26-18)15-9-10-27-11-15/h3-6,9-12H,2,7-8H2,1H3,(H,21,22,25). The third-order valence-corrected chi connectivity index (χ3v) is 5.66. The van der Waals surface area contributed by atoms with Gasteiger partial charge in [-0.3, -0.25) is 4.79 Å². The van der Waals surface area contributed by atoms with E-state index >= 15 is 0 Å². The molecule has 0 radical (unpaired) electrons. The number of benzene rings is 1. The van der Waals surface area contributed by atoms with Crippen LogP contribution in [-0.4, -0.2) is 21.0 Å². The average molecular weight is 411 g/mol. The second-order valence-corrected chi connectivity index (χ2v) is 7.80. The molecular formula is C20H18N4O2S2. The number of carbonyl (C=O) groups excluding carboxylic acids is 1. The minimum absolute atomic E-state index is 0.127. The third kappa shape index (κ3) is 4.35. The molecule has 1 amide bonds. The van der Waals surface area contributed by atoms with Crippen LogP contribution < -0.4 is 5.32 Å². The number of rotatable bonds is 7. The van der Waals surface area contributed by atoms with E-state index in [1.54, 1.807) is 11.3 Å². The van der Waals surface area contributed by atoms with Gasteiger partial charge in [-0.1, -0.05) is 36.3 Å². The van der Waals surface area contributed by atoms with Crippen LogP contribution in [0.25, 0.3) is 22.6 Å². The molecule has 0 bridgehead atoms. The molecule has 0 fully saturated rings. The van der Waals surface area contributed by atoms with E-state index in [1.807, 2.05) is 22.2 Å². The summed E-state index contributed by atoms with van der Waals surface area (Å²) in [7, 11) is 0. The van der Waals surface area contributed by atoms with E-state index < -0.39 is 0 Å². The van der Waals surface area contributed by atoms with Crippen LogP contribution in [0.15, 0.2) is 51.0 Å². The number of aromatic nitrogens is 3. The van der Waals surface area contributed by atoms with Gasteiger partial charge < -0.3 is 9.84 Å². The van der Waals surface area contributed by atoms with Gasteiger partial charge in [0.25, 0.3) is 0 Å². The number of nitrogens with zero attached hydrogens (tertiary/aromatic N) is 3. The zero-order valence-corrected chi connectivity index (χ0v) is 16.8. The Morgan fingerprint density at radius 1 is 1.11 bits per heavy atom. The lowest BCUT2D eigenvalue weighted by Crippen LogP contribution is -2.12. The summed E-state index contributed by atoms with van der Waals surface area (Å²) in [5.41, 5.74) is 4.11. The minimum atomic E-state index is -0.127. The first-order chi connectivity index (χ1) is 13.7. The number of amides is 1. The molecule has 0 atom stereocenters. The van der Waals surface area contributed by atoms with Crippen molar-refractivity contribution < 1.29 is 9.32 Å². The zero-order valence-electron chi connectivity index (χ0n) is 15.2. The number of anilines is 1. The average Bonchev–Trinajstić information content (AvgIpc) is 3.47. The van der Waals surface area contributed by atoms with Crippen LogP contribution in [0.2, 0.25) is 0 Å². The summed E-state index contributed by atoms with van der Waals surface area (Å²) in [6.45, 7) is 2.13. The highest BCUT2D eigenvalue weighted by Gasteiger charge is 2.12. The molecule has 4 rings (SSSR count). The molecule has 0 unspecified atom stereocenters. The maximum absolute atomic E-state index is 12.2. The second kappa shape index (κ2) is 8.45. The summed E-state index contributed by atoms with van der Waals surface area (Å²) >= 11 is 2.99. The Bertz CT molecular complexity index is 1050. The molecule has 1 N–H and O–H groups in total. The molecule has 142 valence electrons. The molecule has 4 aromatic rings. The monoisotopic (exact) mass is 410 g/mol. The highest BCUT2D eigenvalue weighted by atomic mass is 32.1. The van der Waals surface area contributed by atoms with E-state index in [9.17, 15) is 4.79 Å². The number of carbonyl (C=O) groups is 1. The molecule has 6 nitrogen and oxygen atoms in total. The van der Waals surface area contributed by atoms with Crippen LogP contribution in [0.5, 0.6) is 0 Å². The quantitative estimate of drug-likeness (QED) is 0.461. The summed E-state index contributed by atoms with van der Waals surface area (Å²) in [5, 5.41) is 13.2. The van der Waals surface area contributed by atoms with Gasteiger partial charge in [-0.15, -0.1) is 11.3 Å². The highest BCUT2D eigenvalue weighted by Crippen LogP contribution is 2.25. The topological polar surface area (TPSA) is 80.9 Å². The molecule has 0 aliphatic carbocycles. The molecule has 3 aromatic heterocycles. The van der Waals surface area contributed by atoms with Crippen LogP contribution in [0.3, 0.4) is 0 Å². The van der Waals surface area contributed by atoms with Crippen molar-refractivity contribution in [2.75, 3.05) is 5.32 Å². The predicted octanol–water partition coefficient (Wildman–Crippen LogP) is 5.06. The molecular weight excluding hydrogens is 392 g/mol. The fraction of sp³-hybridized carbons (Fsp3) is 0.200. The van der Waals surface area contributed by atoms with Gasteiger partial charge in [0.05, 0.1) is 5.69 Å². The van der Waals surface area contributed by atoms with Gasteiger partial charge in [-0.05, 0) is 23.4 Å². The molecule has 0 saturated carbocycles. The van der Waals surface area contributed by atoms with Crippen LogP contribution >= 0.6 is 22.7 Å². The number of hydrogen-bond acceptors (Lipinski definition) is 7. The van der Waals surface area contributed by atoms with Gasteiger partial charge in [0, 0.05) is 34.7 Å². The fourth-order valence-electron chi connectivity index (χ4n) is 2.64. The number of nitrogens with one attached hydrogen (secondary N) is 1. The Labute approximate surface area is 170 Å². The Balaban J connectivity index is 1.32. The van der Waals surface area contributed by atoms with Gasteiger partial charge >= 0.3 is 0 Å². The van der Waals surface area contributed by atoms with E-state index in [2.05, 4.69) is 51.6 Å². The van der Waals surface area contributed by atoms with E-state index in [-0.39, 0.29) is 12.3 Å². The van der Waals surface area contributed by atoms with Crippen molar-refractivity contribution in [1.82, 2.24) is 15.1 Å². The van der Waals surface area contributed by atoms with Gasteiger partial charge in [0.2, 0.25) is 17.6 Å². The van der Waals surface area contributed by atoms with Gasteiger partial charge in [-0.25, -0.2) is 4.98 Å². The van der Waals surface area contributed by atoms with Crippen LogP contribution in [0, 0.1) is 0 Å². The van der Waals surface area contributed by atoms with E-state index in [4.69, 9.17) is 4.52 Å². The molecule has 28 heavy (non-hydrogen) atoms. The highest BCUT2D eigenvalue weighted by molar-refractivity contribution is 7.14. The van der Waals surface area contributed by atoms with Crippen LogP contribution in [0.4, 0.5) is 5.13 Å². The van der Waals surface area contributed by atoms with Crippen molar-refractivity contribution in [3.63, 3.8) is 0 Å². The third-order valence-electron chi connectivity index (χ3n) is 4.22. The molecule has 3 heterocycles. The second-order valence-electron chi connectivity index (χ2n) is 6.16. The summed E-state index contributed by atoms with van der Waals surface area (Å²) in [5.74, 6) is 0.875. The first-order valence-electron chi connectivity index (χ1n) is 8.91. The molecule has 0 spiro atoms. The van der Waals surface area contributed by atoms with Crippen molar-refractivity contribution in [2.45, 2.75) is 26.2 Å². The Kier molecular flexibility index (Phi) is 5.59. The van der Waals surface area contributed by atoms with Gasteiger partial charge in [0.1, 0.15) is 0 Å². The van der Waals surface area contributed by atoms with Crippen LogP contribution in [0.1, 0.15) is 24.8 Å². The van der Waals surface area contributed by atoms with Crippen molar-refractivity contribution in [1.29, 1.82) is 0 Å². The number of aryl methyl sites for hydroxylation is 2. The first-order valence-corrected chi connectivity index (χ1v) is 10.7. The van der Waals surface area contributed by atoms with Gasteiger partial charge in [-0.2, -0.15) is 16.3 Å². The molecule has 8 heteroatoms. The lowest BCUT2D eigenvalue weighted by molar-refractivity contribution is -0.116. The number of thiazole rings is 1. The van der Waals surface area contributed by atoms with Crippen molar-refractivity contribution in [2.24, 2.45) is 0 Å². The van der Waals surface area contributed by atoms with Crippen molar-refractivity contribution in [3.05, 3.63) is 57.9 Å². The SMILES string of the molecule is CCc1ccc(-c2csc(NC(=O)CCc3nc(-c4ccsc4)no3)n2)cc1. The minimum Gasteiger partial charge on any atom is -0.339 e. The predicted molar refractivity (Wildman–Crippen MR) is 111 cm³/mol. The lowest BCUT2D eigenvalue weighted by atomic mass is 10.1. The Morgan fingerprint density at radius 2 is 1.96 bits per heavy atom. The van der Waals surface area contributed by atoms with E-state index in [1.165, 1.54) is 16.9 Å². The summed E-state index contributed by atoms with van der Waals surface area (Å²) < 4.78 is 5.22. The van der Waals surface area contributed by atoms with E-state index in [0.29, 0.717) is 23.3 Å². The molecule has 0 aliphatic rings. The van der Waals surface area contributed by atoms with Crippen molar-refractivity contribution >= 4 is 33.7 Å². The summed E-state index contributed by atoms with van der Waals surface area (Å²) in [6.07, 6.45) is 1.65. The van der Waals surface area contributed by atoms with E-state index in [0.717, 1.165) is 23.2 Å². The Morgan fingerprint density at radius 3 is 2.71 bits per heavy atom. The molecule has 0 saturated heterocycles. The summed E-state index contributed by atoms with van der Waals surface area (Å²) in [6, 6.07) is 10.2. The molecule has 1 aromatic carbocycles. The Hall–Kier alpha value is -2.84. The van der Waals surface area contributed by atoms with Crippen molar-refractivity contribution in [3.8, 4) is 22.6 Å².